The highest BCUT2D eigenvalue weighted by molar-refractivity contribution is 6.04. The number of nitrogens with zero attached hydrogens (tertiary/aromatic N) is 4. The Bertz CT molecular complexity index is 1830. The van der Waals surface area contributed by atoms with E-state index in [9.17, 15) is 4.39 Å². The average molecular weight is 634 g/mol. The first-order valence-electron chi connectivity index (χ1n) is 15.6. The van der Waals surface area contributed by atoms with Crippen LogP contribution in [0.3, 0.4) is 0 Å². The Labute approximate surface area is 264 Å². The zero-order valence-electron chi connectivity index (χ0n) is 25.5. The summed E-state index contributed by atoms with van der Waals surface area (Å²) in [5, 5.41) is 4.27. The molecule has 3 aliphatic rings. The summed E-state index contributed by atoms with van der Waals surface area (Å²) in [5.74, 6) is 1.97. The first kappa shape index (κ1) is 30.3. The number of hydrogen-bond donors (Lipinski definition) is 1. The number of aromatic nitrogens is 3. The standard InChI is InChI=1S/C34H34F3N5O4/c1-3-24-26(36)9-8-20-13-23(46-18-43-2)14-25(27(20)24)30-29(37)31-28-32(42-11-5-7-22(42)17-44-33(28)39-30)41-34(40-31)45-16-19-6-4-10-38-15-21(35)12-19/h1,8-9,13-14,19,21-22,38H,4-7,10-12,15-18H2,2H3/t19-,21-,22-/m1/s1. The Morgan fingerprint density at radius 3 is 2.85 bits per heavy atom. The third-order valence-electron chi connectivity index (χ3n) is 8.93. The van der Waals surface area contributed by atoms with Crippen LogP contribution >= 0.6 is 0 Å². The molecule has 1 N–H and O–H groups in total. The fraction of sp³-hybridized carbons (Fsp3) is 0.441. The van der Waals surface area contributed by atoms with Crippen LogP contribution < -0.4 is 24.4 Å². The molecule has 2 aromatic heterocycles. The van der Waals surface area contributed by atoms with Crippen LogP contribution in [0.1, 0.15) is 37.7 Å². The molecule has 0 bridgehead atoms. The van der Waals surface area contributed by atoms with Crippen molar-refractivity contribution in [3.63, 3.8) is 0 Å². The number of fused-ring (bicyclic) bond motifs is 3. The zero-order valence-corrected chi connectivity index (χ0v) is 25.5. The van der Waals surface area contributed by atoms with Gasteiger partial charge in [-0.2, -0.15) is 9.97 Å². The summed E-state index contributed by atoms with van der Waals surface area (Å²) in [4.78, 5) is 16.1. The van der Waals surface area contributed by atoms with Gasteiger partial charge < -0.3 is 29.2 Å². The normalized spacial score (nSPS) is 21.2. The Morgan fingerprint density at radius 1 is 1.11 bits per heavy atom. The van der Waals surface area contributed by atoms with Gasteiger partial charge >= 0.3 is 6.01 Å². The van der Waals surface area contributed by atoms with Crippen molar-refractivity contribution in [1.29, 1.82) is 0 Å². The molecule has 2 fully saturated rings. The molecule has 2 aromatic carbocycles. The van der Waals surface area contributed by atoms with Gasteiger partial charge in [0.1, 0.15) is 46.8 Å². The number of anilines is 1. The molecule has 240 valence electrons. The fourth-order valence-corrected chi connectivity index (χ4v) is 6.75. The van der Waals surface area contributed by atoms with E-state index in [1.165, 1.54) is 13.2 Å². The Kier molecular flexibility index (Phi) is 8.44. The van der Waals surface area contributed by atoms with E-state index < -0.39 is 17.8 Å². The van der Waals surface area contributed by atoms with E-state index in [1.807, 2.05) is 0 Å². The van der Waals surface area contributed by atoms with E-state index in [0.29, 0.717) is 53.8 Å². The number of pyridine rings is 1. The second-order valence-corrected chi connectivity index (χ2v) is 12.0. The van der Waals surface area contributed by atoms with Gasteiger partial charge in [-0.05, 0) is 68.2 Å². The van der Waals surface area contributed by atoms with Gasteiger partial charge in [-0.15, -0.1) is 6.42 Å². The molecule has 46 heavy (non-hydrogen) atoms. The first-order chi connectivity index (χ1) is 22.4. The highest BCUT2D eigenvalue weighted by Gasteiger charge is 2.35. The monoisotopic (exact) mass is 633 g/mol. The number of alkyl halides is 1. The molecule has 3 atom stereocenters. The molecule has 12 heteroatoms. The summed E-state index contributed by atoms with van der Waals surface area (Å²) in [6, 6.07) is 6.04. The second kappa shape index (κ2) is 12.8. The molecule has 3 aliphatic heterocycles. The number of halogens is 3. The Morgan fingerprint density at radius 2 is 2.00 bits per heavy atom. The van der Waals surface area contributed by atoms with Gasteiger partial charge in [0.25, 0.3) is 0 Å². The van der Waals surface area contributed by atoms with Crippen molar-refractivity contribution in [2.45, 2.75) is 44.3 Å². The third kappa shape index (κ3) is 5.62. The molecule has 0 aliphatic carbocycles. The van der Waals surface area contributed by atoms with E-state index in [0.717, 1.165) is 32.2 Å². The van der Waals surface area contributed by atoms with E-state index >= 15 is 8.78 Å². The predicted molar refractivity (Wildman–Crippen MR) is 167 cm³/mol. The number of ether oxygens (including phenoxy) is 4. The summed E-state index contributed by atoms with van der Waals surface area (Å²) in [6.45, 7) is 2.21. The van der Waals surface area contributed by atoms with Gasteiger partial charge in [0.2, 0.25) is 5.88 Å². The SMILES string of the molecule is C#Cc1c(F)ccc2cc(OCOC)cc(-c3nc4c5c(nc(OC[C@@H]6CCCNC[C@H](F)C6)nc5c3F)N3CCC[C@@H]3CO4)c12. The van der Waals surface area contributed by atoms with Crippen LogP contribution in [0.2, 0.25) is 0 Å². The summed E-state index contributed by atoms with van der Waals surface area (Å²) in [5.41, 5.74) is -0.0111. The number of nitrogens with one attached hydrogen (secondary N) is 1. The molecule has 0 unspecified atom stereocenters. The Balaban J connectivity index is 1.40. The van der Waals surface area contributed by atoms with Crippen LogP contribution in [0.4, 0.5) is 19.0 Å². The molecular formula is C34H34F3N5O4. The molecule has 9 nitrogen and oxygen atoms in total. The predicted octanol–water partition coefficient (Wildman–Crippen LogP) is 5.56. The third-order valence-corrected chi connectivity index (χ3v) is 8.93. The largest absolute Gasteiger partial charge is 0.475 e. The highest BCUT2D eigenvalue weighted by Crippen LogP contribution is 2.44. The lowest BCUT2D eigenvalue weighted by molar-refractivity contribution is 0.0512. The van der Waals surface area contributed by atoms with E-state index in [-0.39, 0.29) is 59.6 Å². The molecule has 0 radical (unpaired) electrons. The van der Waals surface area contributed by atoms with Gasteiger partial charge in [0.05, 0.1) is 18.2 Å². The van der Waals surface area contributed by atoms with Gasteiger partial charge in [0.15, 0.2) is 12.6 Å². The summed E-state index contributed by atoms with van der Waals surface area (Å²) in [7, 11) is 1.48. The van der Waals surface area contributed by atoms with Crippen LogP contribution in [0.15, 0.2) is 24.3 Å². The van der Waals surface area contributed by atoms with Crippen molar-refractivity contribution < 1.29 is 32.1 Å². The summed E-state index contributed by atoms with van der Waals surface area (Å²) < 4.78 is 69.6. The molecule has 0 amide bonds. The van der Waals surface area contributed by atoms with Crippen LogP contribution in [0.5, 0.6) is 17.6 Å². The van der Waals surface area contributed by atoms with Crippen molar-refractivity contribution in [1.82, 2.24) is 20.3 Å². The minimum absolute atomic E-state index is 0.00537. The number of hydrogen-bond acceptors (Lipinski definition) is 9. The zero-order chi connectivity index (χ0) is 31.8. The number of benzene rings is 2. The first-order valence-corrected chi connectivity index (χ1v) is 15.6. The van der Waals surface area contributed by atoms with Crippen molar-refractivity contribution >= 4 is 27.5 Å². The van der Waals surface area contributed by atoms with Gasteiger partial charge in [-0.25, -0.2) is 18.2 Å². The maximum absolute atomic E-state index is 17.0. The van der Waals surface area contributed by atoms with E-state index in [4.69, 9.17) is 30.4 Å². The van der Waals surface area contributed by atoms with Crippen LogP contribution in [0, 0.1) is 29.9 Å². The molecule has 4 aromatic rings. The minimum Gasteiger partial charge on any atom is -0.475 e. The van der Waals surface area contributed by atoms with Crippen molar-refractivity contribution in [2.24, 2.45) is 5.92 Å². The minimum atomic E-state index is -0.983. The van der Waals surface area contributed by atoms with E-state index in [2.05, 4.69) is 26.1 Å². The second-order valence-electron chi connectivity index (χ2n) is 12.0. The highest BCUT2D eigenvalue weighted by atomic mass is 19.1. The lowest BCUT2D eigenvalue weighted by atomic mass is 9.95. The lowest BCUT2D eigenvalue weighted by Gasteiger charge is -2.24. The van der Waals surface area contributed by atoms with Gasteiger partial charge in [-0.1, -0.05) is 12.0 Å². The number of methoxy groups -OCH3 is 1. The van der Waals surface area contributed by atoms with E-state index in [1.54, 1.807) is 18.2 Å². The maximum atomic E-state index is 17.0. The van der Waals surface area contributed by atoms with Crippen molar-refractivity contribution in [2.75, 3.05) is 51.7 Å². The Hall–Kier alpha value is -4.34. The van der Waals surface area contributed by atoms with Gasteiger partial charge in [0, 0.05) is 31.1 Å². The summed E-state index contributed by atoms with van der Waals surface area (Å²) >= 11 is 0. The van der Waals surface area contributed by atoms with Crippen molar-refractivity contribution in [3.8, 4) is 41.2 Å². The molecule has 2 saturated heterocycles. The molecule has 5 heterocycles. The smallest absolute Gasteiger partial charge is 0.319 e. The van der Waals surface area contributed by atoms with Crippen molar-refractivity contribution in [3.05, 3.63) is 41.5 Å². The van der Waals surface area contributed by atoms with Crippen LogP contribution in [-0.2, 0) is 4.74 Å². The van der Waals surface area contributed by atoms with Gasteiger partial charge in [-0.3, -0.25) is 0 Å². The summed E-state index contributed by atoms with van der Waals surface area (Å²) in [6.07, 6.45) is 8.60. The molecule has 0 saturated carbocycles. The molecular weight excluding hydrogens is 599 g/mol. The number of rotatable bonds is 7. The molecule has 7 rings (SSSR count). The topological polar surface area (TPSA) is 90.9 Å². The maximum Gasteiger partial charge on any atom is 0.319 e. The molecule has 0 spiro atoms. The van der Waals surface area contributed by atoms with Crippen LogP contribution in [0.25, 0.3) is 32.9 Å². The average Bonchev–Trinajstić information content (AvgIpc) is 3.47. The fourth-order valence-electron chi connectivity index (χ4n) is 6.75. The lowest BCUT2D eigenvalue weighted by Crippen LogP contribution is -2.33. The van der Waals surface area contributed by atoms with Crippen LogP contribution in [-0.4, -0.2) is 73.9 Å². The quantitative estimate of drug-likeness (QED) is 0.208. The number of terminal acetylenes is 1.